The van der Waals surface area contributed by atoms with Gasteiger partial charge in [0.2, 0.25) is 5.91 Å². The molecule has 1 unspecified atom stereocenters. The molecule has 3 nitrogen and oxygen atoms in total. The molecule has 1 amide bonds. The molecule has 0 spiro atoms. The maximum absolute atomic E-state index is 11.7. The summed E-state index contributed by atoms with van der Waals surface area (Å²) in [4.78, 5) is 22.5. The van der Waals surface area contributed by atoms with Gasteiger partial charge in [0.25, 0.3) is 0 Å². The van der Waals surface area contributed by atoms with E-state index in [1.165, 1.54) is 0 Å². The molecule has 0 saturated carbocycles. The zero-order chi connectivity index (χ0) is 11.3. The summed E-state index contributed by atoms with van der Waals surface area (Å²) in [5, 5.41) is 0. The third-order valence-electron chi connectivity index (χ3n) is 2.25. The lowest BCUT2D eigenvalue weighted by atomic mass is 9.85. The van der Waals surface area contributed by atoms with Crippen molar-refractivity contribution in [2.45, 2.75) is 40.5 Å². The van der Waals surface area contributed by atoms with Crippen LogP contribution in [0.4, 0.5) is 0 Å². The Kier molecular flexibility index (Phi) is 5.43. The Morgan fingerprint density at radius 3 is 1.86 bits per heavy atom. The van der Waals surface area contributed by atoms with Crippen LogP contribution in [0.15, 0.2) is 0 Å². The minimum atomic E-state index is -0.388. The van der Waals surface area contributed by atoms with Gasteiger partial charge >= 0.3 is 0 Å². The van der Waals surface area contributed by atoms with Crippen LogP contribution in [0.1, 0.15) is 40.5 Å². The zero-order valence-electron chi connectivity index (χ0n) is 9.54. The minimum Gasteiger partial charge on any atom is -0.370 e. The number of rotatable bonds is 6. The first-order valence-corrected chi connectivity index (χ1v) is 5.15. The summed E-state index contributed by atoms with van der Waals surface area (Å²) in [5.41, 5.74) is 5.11. The van der Waals surface area contributed by atoms with Crippen molar-refractivity contribution in [3.05, 3.63) is 0 Å². The van der Waals surface area contributed by atoms with Gasteiger partial charge in [-0.25, -0.2) is 0 Å². The quantitative estimate of drug-likeness (QED) is 0.708. The van der Waals surface area contributed by atoms with Crippen LogP contribution in [0.25, 0.3) is 0 Å². The summed E-state index contributed by atoms with van der Waals surface area (Å²) in [7, 11) is 0. The van der Waals surface area contributed by atoms with Crippen molar-refractivity contribution >= 4 is 11.7 Å². The van der Waals surface area contributed by atoms with Crippen LogP contribution in [-0.2, 0) is 9.59 Å². The summed E-state index contributed by atoms with van der Waals surface area (Å²) < 4.78 is 0. The molecule has 0 saturated heterocycles. The van der Waals surface area contributed by atoms with Gasteiger partial charge in [0.05, 0.1) is 0 Å². The molecule has 0 aliphatic rings. The first-order valence-electron chi connectivity index (χ1n) is 5.15. The average Bonchev–Trinajstić information content (AvgIpc) is 1.97. The van der Waals surface area contributed by atoms with E-state index in [4.69, 9.17) is 5.73 Å². The van der Waals surface area contributed by atoms with Crippen molar-refractivity contribution in [2.24, 2.45) is 23.5 Å². The topological polar surface area (TPSA) is 60.2 Å². The van der Waals surface area contributed by atoms with Crippen molar-refractivity contribution < 1.29 is 9.59 Å². The first kappa shape index (κ1) is 13.1. The maximum Gasteiger partial charge on any atom is 0.218 e. The molecule has 2 N–H and O–H groups in total. The zero-order valence-corrected chi connectivity index (χ0v) is 9.54. The smallest absolute Gasteiger partial charge is 0.218 e. The van der Waals surface area contributed by atoms with E-state index in [2.05, 4.69) is 0 Å². The van der Waals surface area contributed by atoms with E-state index in [-0.39, 0.29) is 29.9 Å². The van der Waals surface area contributed by atoms with Crippen molar-refractivity contribution in [1.82, 2.24) is 0 Å². The van der Waals surface area contributed by atoms with Crippen LogP contribution < -0.4 is 5.73 Å². The van der Waals surface area contributed by atoms with Crippen molar-refractivity contribution in [1.29, 1.82) is 0 Å². The van der Waals surface area contributed by atoms with Crippen LogP contribution in [0.2, 0.25) is 0 Å². The highest BCUT2D eigenvalue weighted by atomic mass is 16.1. The van der Waals surface area contributed by atoms with Gasteiger partial charge in [0.1, 0.15) is 5.78 Å². The lowest BCUT2D eigenvalue weighted by Crippen LogP contribution is -2.27. The number of carbonyl (C=O) groups excluding carboxylic acids is 2. The molecule has 0 aliphatic heterocycles. The second-order valence-corrected chi connectivity index (χ2v) is 4.59. The molecule has 82 valence electrons. The van der Waals surface area contributed by atoms with Gasteiger partial charge in [-0.1, -0.05) is 27.7 Å². The molecule has 14 heavy (non-hydrogen) atoms. The van der Waals surface area contributed by atoms with Gasteiger partial charge in [-0.05, 0) is 11.8 Å². The van der Waals surface area contributed by atoms with Crippen LogP contribution in [-0.4, -0.2) is 11.7 Å². The molecule has 0 aromatic rings. The van der Waals surface area contributed by atoms with E-state index >= 15 is 0 Å². The highest BCUT2D eigenvalue weighted by Gasteiger charge is 2.24. The molecule has 1 atom stereocenters. The summed E-state index contributed by atoms with van der Waals surface area (Å²) in [6.07, 6.45) is 0.722. The minimum absolute atomic E-state index is 0.161. The number of Topliss-reactive ketones (excluding diaryl/α,β-unsaturated/α-hetero) is 1. The number of ketones is 1. The highest BCUT2D eigenvalue weighted by molar-refractivity contribution is 5.86. The lowest BCUT2D eigenvalue weighted by Gasteiger charge is -2.18. The third-order valence-corrected chi connectivity index (χ3v) is 2.25. The van der Waals surface area contributed by atoms with Crippen LogP contribution in [0, 0.1) is 17.8 Å². The van der Waals surface area contributed by atoms with E-state index < -0.39 is 0 Å². The van der Waals surface area contributed by atoms with E-state index in [0.717, 1.165) is 0 Å². The van der Waals surface area contributed by atoms with Crippen LogP contribution in [0.3, 0.4) is 0 Å². The molecule has 0 heterocycles. The Labute approximate surface area is 86.1 Å². The standard InChI is InChI=1S/C11H21NO2/c1-7(2)5-10(13)9(8(3)4)6-11(12)14/h7-9H,5-6H2,1-4H3,(H2,12,14). The fourth-order valence-corrected chi connectivity index (χ4v) is 1.49. The number of amides is 1. The second-order valence-electron chi connectivity index (χ2n) is 4.59. The molecule has 0 bridgehead atoms. The molecule has 0 aliphatic carbocycles. The number of primary amides is 1. The maximum atomic E-state index is 11.7. The SMILES string of the molecule is CC(C)CC(=O)C(CC(N)=O)C(C)C. The Morgan fingerprint density at radius 2 is 1.57 bits per heavy atom. The molecule has 0 radical (unpaired) electrons. The third kappa shape index (κ3) is 5.00. The van der Waals surface area contributed by atoms with Gasteiger partial charge < -0.3 is 5.73 Å². The number of hydrogen-bond acceptors (Lipinski definition) is 2. The van der Waals surface area contributed by atoms with Crippen LogP contribution in [0.5, 0.6) is 0 Å². The Hall–Kier alpha value is -0.860. The molecule has 0 rings (SSSR count). The predicted molar refractivity (Wildman–Crippen MR) is 56.6 cm³/mol. The van der Waals surface area contributed by atoms with Crippen molar-refractivity contribution in [3.63, 3.8) is 0 Å². The van der Waals surface area contributed by atoms with Gasteiger partial charge in [0.15, 0.2) is 0 Å². The predicted octanol–water partition coefficient (Wildman–Crippen LogP) is 1.75. The molecule has 3 heteroatoms. The highest BCUT2D eigenvalue weighted by Crippen LogP contribution is 2.19. The van der Waals surface area contributed by atoms with Crippen LogP contribution >= 0.6 is 0 Å². The number of nitrogens with two attached hydrogens (primary N) is 1. The fourth-order valence-electron chi connectivity index (χ4n) is 1.49. The Morgan fingerprint density at radius 1 is 1.07 bits per heavy atom. The van der Waals surface area contributed by atoms with Gasteiger partial charge in [0, 0.05) is 18.8 Å². The Bertz CT molecular complexity index is 209. The molecule has 0 aromatic heterocycles. The van der Waals surface area contributed by atoms with E-state index in [1.54, 1.807) is 0 Å². The summed E-state index contributed by atoms with van der Waals surface area (Å²) in [6, 6.07) is 0. The van der Waals surface area contributed by atoms with Gasteiger partial charge in [-0.2, -0.15) is 0 Å². The first-order chi connectivity index (χ1) is 6.34. The Balaban J connectivity index is 4.33. The van der Waals surface area contributed by atoms with Gasteiger partial charge in [-0.15, -0.1) is 0 Å². The largest absolute Gasteiger partial charge is 0.370 e. The van der Waals surface area contributed by atoms with Crippen molar-refractivity contribution in [2.75, 3.05) is 0 Å². The van der Waals surface area contributed by atoms with Crippen molar-refractivity contribution in [3.8, 4) is 0 Å². The van der Waals surface area contributed by atoms with E-state index in [1.807, 2.05) is 27.7 Å². The van der Waals surface area contributed by atoms with E-state index in [9.17, 15) is 9.59 Å². The number of hydrogen-bond donors (Lipinski definition) is 1. The normalized spacial score (nSPS) is 13.3. The van der Waals surface area contributed by atoms with Gasteiger partial charge in [-0.3, -0.25) is 9.59 Å². The lowest BCUT2D eigenvalue weighted by molar-refractivity contribution is -0.129. The monoisotopic (exact) mass is 199 g/mol. The summed E-state index contributed by atoms with van der Waals surface area (Å²) in [6.45, 7) is 7.90. The van der Waals surface area contributed by atoms with E-state index in [0.29, 0.717) is 12.3 Å². The molecule has 0 aromatic carbocycles. The fraction of sp³-hybridized carbons (Fsp3) is 0.818. The molecular formula is C11H21NO2. The summed E-state index contributed by atoms with van der Waals surface area (Å²) in [5.74, 6) is 0.106. The molecule has 0 fully saturated rings. The number of carbonyl (C=O) groups is 2. The average molecular weight is 199 g/mol. The summed E-state index contributed by atoms with van der Waals surface area (Å²) >= 11 is 0. The molecular weight excluding hydrogens is 178 g/mol. The second kappa shape index (κ2) is 5.78.